The molecule has 0 radical (unpaired) electrons. The number of ether oxygens (including phenoxy) is 1. The molecule has 1 amide bonds. The summed E-state index contributed by atoms with van der Waals surface area (Å²) in [6.07, 6.45) is 2.89. The minimum absolute atomic E-state index is 0.209. The van der Waals surface area contributed by atoms with Crippen molar-refractivity contribution in [2.45, 2.75) is 51.7 Å². The van der Waals surface area contributed by atoms with E-state index in [0.29, 0.717) is 13.1 Å². The van der Waals surface area contributed by atoms with Gasteiger partial charge in [0.15, 0.2) is 0 Å². The largest absolute Gasteiger partial charge is 0.444 e. The van der Waals surface area contributed by atoms with Crippen molar-refractivity contribution in [3.8, 4) is 0 Å². The van der Waals surface area contributed by atoms with E-state index in [1.807, 2.05) is 25.7 Å². The number of rotatable bonds is 1. The van der Waals surface area contributed by atoms with Gasteiger partial charge in [-0.05, 0) is 57.2 Å². The fraction of sp³-hybridized carbons (Fsp3) is 0.632. The van der Waals surface area contributed by atoms with Crippen LogP contribution in [-0.4, -0.2) is 48.8 Å². The molecule has 1 aromatic rings. The maximum atomic E-state index is 12.2. The molecule has 0 spiro atoms. The first-order valence-corrected chi connectivity index (χ1v) is 8.93. The first-order chi connectivity index (χ1) is 11.3. The SMILES string of the molecule is CC(C)(C)OC(=O)N1CCN(c2cccc3c2CC(N)CC3)CC1. The second kappa shape index (κ2) is 6.63. The molecule has 1 heterocycles. The Morgan fingerprint density at radius 3 is 2.58 bits per heavy atom. The highest BCUT2D eigenvalue weighted by Crippen LogP contribution is 2.30. The number of nitrogens with zero attached hydrogens (tertiary/aromatic N) is 2. The Hall–Kier alpha value is -1.75. The highest BCUT2D eigenvalue weighted by atomic mass is 16.6. The van der Waals surface area contributed by atoms with E-state index in [-0.39, 0.29) is 12.1 Å². The number of fused-ring (bicyclic) bond motifs is 1. The van der Waals surface area contributed by atoms with Crippen molar-refractivity contribution in [2.75, 3.05) is 31.1 Å². The molecule has 24 heavy (non-hydrogen) atoms. The van der Waals surface area contributed by atoms with Crippen LogP contribution in [0, 0.1) is 0 Å². The van der Waals surface area contributed by atoms with Crippen LogP contribution in [0.3, 0.4) is 0 Å². The Morgan fingerprint density at radius 1 is 1.21 bits per heavy atom. The lowest BCUT2D eigenvalue weighted by molar-refractivity contribution is 0.0240. The average molecular weight is 331 g/mol. The molecule has 0 bridgehead atoms. The summed E-state index contributed by atoms with van der Waals surface area (Å²) in [5, 5.41) is 0. The Morgan fingerprint density at radius 2 is 1.92 bits per heavy atom. The third-order valence-electron chi connectivity index (χ3n) is 4.77. The van der Waals surface area contributed by atoms with Crippen LogP contribution in [0.2, 0.25) is 0 Å². The van der Waals surface area contributed by atoms with E-state index in [2.05, 4.69) is 23.1 Å². The first kappa shape index (κ1) is 17.1. The Balaban J connectivity index is 1.66. The first-order valence-electron chi connectivity index (χ1n) is 8.93. The van der Waals surface area contributed by atoms with Crippen molar-refractivity contribution in [3.63, 3.8) is 0 Å². The number of carbonyl (C=O) groups excluding carboxylic acids is 1. The Kier molecular flexibility index (Phi) is 4.72. The number of carbonyl (C=O) groups is 1. The zero-order valence-corrected chi connectivity index (χ0v) is 15.0. The summed E-state index contributed by atoms with van der Waals surface area (Å²) in [6.45, 7) is 8.78. The van der Waals surface area contributed by atoms with Crippen LogP contribution in [0.5, 0.6) is 0 Å². The number of aryl methyl sites for hydroxylation is 1. The number of nitrogens with two attached hydrogens (primary N) is 1. The van der Waals surface area contributed by atoms with Crippen LogP contribution in [0.15, 0.2) is 18.2 Å². The fourth-order valence-electron chi connectivity index (χ4n) is 3.55. The molecule has 0 saturated carbocycles. The van der Waals surface area contributed by atoms with Gasteiger partial charge in [-0.25, -0.2) is 4.79 Å². The van der Waals surface area contributed by atoms with Crippen molar-refractivity contribution < 1.29 is 9.53 Å². The van der Waals surface area contributed by atoms with Gasteiger partial charge < -0.3 is 20.3 Å². The van der Waals surface area contributed by atoms with Crippen molar-refractivity contribution >= 4 is 11.8 Å². The van der Waals surface area contributed by atoms with E-state index < -0.39 is 5.60 Å². The summed E-state index contributed by atoms with van der Waals surface area (Å²) < 4.78 is 5.47. The van der Waals surface area contributed by atoms with E-state index in [0.717, 1.165) is 32.4 Å². The summed E-state index contributed by atoms with van der Waals surface area (Å²) in [7, 11) is 0. The molecule has 5 nitrogen and oxygen atoms in total. The van der Waals surface area contributed by atoms with Gasteiger partial charge >= 0.3 is 6.09 Å². The molecule has 2 N–H and O–H groups in total. The van der Waals surface area contributed by atoms with Crippen LogP contribution in [0.25, 0.3) is 0 Å². The molecule has 1 aliphatic heterocycles. The highest BCUT2D eigenvalue weighted by Gasteiger charge is 2.28. The van der Waals surface area contributed by atoms with Crippen molar-refractivity contribution in [2.24, 2.45) is 5.73 Å². The molecule has 5 heteroatoms. The summed E-state index contributed by atoms with van der Waals surface area (Å²) in [5.41, 5.74) is 9.88. The number of amides is 1. The summed E-state index contributed by atoms with van der Waals surface area (Å²) in [4.78, 5) is 16.4. The zero-order valence-electron chi connectivity index (χ0n) is 15.0. The minimum atomic E-state index is -0.442. The molecular weight excluding hydrogens is 302 g/mol. The molecule has 1 fully saturated rings. The third kappa shape index (κ3) is 3.83. The number of piperazine rings is 1. The Bertz CT molecular complexity index is 601. The smallest absolute Gasteiger partial charge is 0.410 e. The predicted molar refractivity (Wildman–Crippen MR) is 96.5 cm³/mol. The second-order valence-corrected chi connectivity index (χ2v) is 7.87. The van der Waals surface area contributed by atoms with Gasteiger partial charge in [-0.3, -0.25) is 0 Å². The number of anilines is 1. The second-order valence-electron chi connectivity index (χ2n) is 7.87. The van der Waals surface area contributed by atoms with Gasteiger partial charge in [0.2, 0.25) is 0 Å². The summed E-state index contributed by atoms with van der Waals surface area (Å²) in [5.74, 6) is 0. The van der Waals surface area contributed by atoms with E-state index in [9.17, 15) is 4.79 Å². The lowest BCUT2D eigenvalue weighted by Gasteiger charge is -2.38. The topological polar surface area (TPSA) is 58.8 Å². The van der Waals surface area contributed by atoms with Crippen LogP contribution in [0.1, 0.15) is 38.3 Å². The lowest BCUT2D eigenvalue weighted by Crippen LogP contribution is -2.50. The molecule has 132 valence electrons. The number of hydrogen-bond acceptors (Lipinski definition) is 4. The lowest BCUT2D eigenvalue weighted by atomic mass is 9.87. The highest BCUT2D eigenvalue weighted by molar-refractivity contribution is 5.69. The van der Waals surface area contributed by atoms with Crippen LogP contribution in [-0.2, 0) is 17.6 Å². The molecule has 3 rings (SSSR count). The standard InChI is InChI=1S/C19H29N3O2/c1-19(2,3)24-18(23)22-11-9-21(10-12-22)17-6-4-5-14-7-8-15(20)13-16(14)17/h4-6,15H,7-13,20H2,1-3H3. The van der Waals surface area contributed by atoms with Gasteiger partial charge in [0, 0.05) is 37.9 Å². The fourth-order valence-corrected chi connectivity index (χ4v) is 3.55. The van der Waals surface area contributed by atoms with E-state index in [4.69, 9.17) is 10.5 Å². The third-order valence-corrected chi connectivity index (χ3v) is 4.77. The molecular formula is C19H29N3O2. The van der Waals surface area contributed by atoms with Gasteiger partial charge in [0.05, 0.1) is 0 Å². The van der Waals surface area contributed by atoms with E-state index in [1.54, 1.807) is 0 Å². The maximum absolute atomic E-state index is 12.2. The van der Waals surface area contributed by atoms with Gasteiger partial charge in [-0.1, -0.05) is 12.1 Å². The van der Waals surface area contributed by atoms with E-state index in [1.165, 1.54) is 16.8 Å². The molecule has 1 unspecified atom stereocenters. The molecule has 1 aliphatic carbocycles. The van der Waals surface area contributed by atoms with Crippen molar-refractivity contribution in [1.82, 2.24) is 4.90 Å². The van der Waals surface area contributed by atoms with Crippen LogP contribution < -0.4 is 10.6 Å². The number of hydrogen-bond donors (Lipinski definition) is 1. The van der Waals surface area contributed by atoms with Crippen molar-refractivity contribution in [3.05, 3.63) is 29.3 Å². The molecule has 1 atom stereocenters. The van der Waals surface area contributed by atoms with Gasteiger partial charge in [0.25, 0.3) is 0 Å². The van der Waals surface area contributed by atoms with E-state index >= 15 is 0 Å². The number of benzene rings is 1. The zero-order chi connectivity index (χ0) is 17.3. The van der Waals surface area contributed by atoms with Gasteiger partial charge in [-0.2, -0.15) is 0 Å². The van der Waals surface area contributed by atoms with Gasteiger partial charge in [0.1, 0.15) is 5.60 Å². The van der Waals surface area contributed by atoms with Crippen LogP contribution in [0.4, 0.5) is 10.5 Å². The monoisotopic (exact) mass is 331 g/mol. The molecule has 1 saturated heterocycles. The predicted octanol–water partition coefficient (Wildman–Crippen LogP) is 2.56. The quantitative estimate of drug-likeness (QED) is 0.859. The normalized spacial score (nSPS) is 21.4. The molecule has 1 aromatic carbocycles. The summed E-state index contributed by atoms with van der Waals surface area (Å²) in [6, 6.07) is 6.83. The molecule has 2 aliphatic rings. The maximum Gasteiger partial charge on any atom is 0.410 e. The minimum Gasteiger partial charge on any atom is -0.444 e. The van der Waals surface area contributed by atoms with Crippen molar-refractivity contribution in [1.29, 1.82) is 0 Å². The van der Waals surface area contributed by atoms with Crippen LogP contribution >= 0.6 is 0 Å². The van der Waals surface area contributed by atoms with Gasteiger partial charge in [-0.15, -0.1) is 0 Å². The average Bonchev–Trinajstić information content (AvgIpc) is 2.53. The molecule has 0 aromatic heterocycles. The summed E-state index contributed by atoms with van der Waals surface area (Å²) >= 11 is 0. The Labute approximate surface area is 144 Å².